The second-order valence-corrected chi connectivity index (χ2v) is 6.80. The Bertz CT molecular complexity index is 567. The highest BCUT2D eigenvalue weighted by atomic mass is 32.2. The number of ketones is 1. The van der Waals surface area contributed by atoms with Gasteiger partial charge in [-0.15, -0.1) is 0 Å². The van der Waals surface area contributed by atoms with Crippen molar-refractivity contribution in [2.75, 3.05) is 5.75 Å². The Morgan fingerprint density at radius 2 is 1.89 bits per heavy atom. The molecule has 0 aromatic heterocycles. The van der Waals surface area contributed by atoms with Gasteiger partial charge in [0.1, 0.15) is 5.25 Å². The molecule has 1 aromatic carbocycles. The van der Waals surface area contributed by atoms with Gasteiger partial charge >= 0.3 is 0 Å². The monoisotopic (exact) mass is 290 g/mol. The first-order valence-corrected chi connectivity index (χ1v) is 7.72. The molecule has 3 nitrogen and oxygen atoms in total. The summed E-state index contributed by atoms with van der Waals surface area (Å²) in [4.78, 5) is 11.9. The molecule has 19 heavy (non-hydrogen) atoms. The van der Waals surface area contributed by atoms with E-state index in [1.54, 1.807) is 0 Å². The summed E-state index contributed by atoms with van der Waals surface area (Å²) in [6, 6.07) is 2.63. The van der Waals surface area contributed by atoms with Gasteiger partial charge in [0.2, 0.25) is 0 Å². The van der Waals surface area contributed by atoms with E-state index in [-0.39, 0.29) is 11.3 Å². The highest BCUT2D eigenvalue weighted by molar-refractivity contribution is 7.92. The number of hydrogen-bond donors (Lipinski definition) is 0. The Kier molecular flexibility index (Phi) is 5.17. The standard InChI is InChI=1S/C13H16F2O3S/c1-3-4-7-19(17,18)9(2)13(16)10-5-6-11(14)12(15)8-10/h5-6,8-9H,3-4,7H2,1-2H3. The second kappa shape index (κ2) is 6.23. The molecule has 1 unspecified atom stereocenters. The summed E-state index contributed by atoms with van der Waals surface area (Å²) in [5.74, 6) is -3.03. The van der Waals surface area contributed by atoms with Crippen molar-refractivity contribution >= 4 is 15.6 Å². The quantitative estimate of drug-likeness (QED) is 0.757. The van der Waals surface area contributed by atoms with Gasteiger partial charge in [-0.1, -0.05) is 13.3 Å². The Labute approximate surface area is 111 Å². The van der Waals surface area contributed by atoms with Crippen LogP contribution >= 0.6 is 0 Å². The van der Waals surface area contributed by atoms with Crippen LogP contribution < -0.4 is 0 Å². The van der Waals surface area contributed by atoms with E-state index in [4.69, 9.17) is 0 Å². The van der Waals surface area contributed by atoms with Crippen LogP contribution in [0.2, 0.25) is 0 Å². The first-order valence-electron chi connectivity index (χ1n) is 6.00. The van der Waals surface area contributed by atoms with Crippen LogP contribution in [0.4, 0.5) is 8.78 Å². The zero-order valence-corrected chi connectivity index (χ0v) is 11.6. The van der Waals surface area contributed by atoms with Crippen LogP contribution in [0.5, 0.6) is 0 Å². The van der Waals surface area contributed by atoms with Gasteiger partial charge in [-0.25, -0.2) is 17.2 Å². The van der Waals surface area contributed by atoms with Crippen LogP contribution in [-0.2, 0) is 9.84 Å². The van der Waals surface area contributed by atoms with Gasteiger partial charge in [0, 0.05) is 5.56 Å². The Balaban J connectivity index is 2.96. The summed E-state index contributed by atoms with van der Waals surface area (Å²) >= 11 is 0. The topological polar surface area (TPSA) is 51.2 Å². The molecule has 0 saturated carbocycles. The van der Waals surface area contributed by atoms with Crippen LogP contribution in [-0.4, -0.2) is 25.2 Å². The smallest absolute Gasteiger partial charge is 0.180 e. The normalized spacial score (nSPS) is 13.3. The summed E-state index contributed by atoms with van der Waals surface area (Å²) in [5.41, 5.74) is -0.133. The van der Waals surface area contributed by atoms with Crippen molar-refractivity contribution in [2.24, 2.45) is 0 Å². The van der Waals surface area contributed by atoms with Crippen LogP contribution in [0.1, 0.15) is 37.0 Å². The van der Waals surface area contributed by atoms with Crippen molar-refractivity contribution in [3.63, 3.8) is 0 Å². The van der Waals surface area contributed by atoms with Crippen molar-refractivity contribution in [3.05, 3.63) is 35.4 Å². The maximum atomic E-state index is 13.0. The molecule has 0 amide bonds. The van der Waals surface area contributed by atoms with Crippen molar-refractivity contribution in [3.8, 4) is 0 Å². The van der Waals surface area contributed by atoms with Gasteiger partial charge in [-0.2, -0.15) is 0 Å². The summed E-state index contributed by atoms with van der Waals surface area (Å²) in [7, 11) is -3.56. The summed E-state index contributed by atoms with van der Waals surface area (Å²) in [5, 5.41) is -1.25. The van der Waals surface area contributed by atoms with Crippen molar-refractivity contribution in [1.82, 2.24) is 0 Å². The maximum absolute atomic E-state index is 13.0. The minimum atomic E-state index is -3.56. The molecule has 0 aliphatic heterocycles. The predicted molar refractivity (Wildman–Crippen MR) is 68.8 cm³/mol. The predicted octanol–water partition coefficient (Wildman–Crippen LogP) is 2.75. The van der Waals surface area contributed by atoms with Crippen LogP contribution in [0.3, 0.4) is 0 Å². The van der Waals surface area contributed by atoms with E-state index < -0.39 is 32.5 Å². The molecule has 1 atom stereocenters. The molecule has 1 aromatic rings. The van der Waals surface area contributed by atoms with Gasteiger partial charge in [0.25, 0.3) is 0 Å². The van der Waals surface area contributed by atoms with E-state index >= 15 is 0 Å². The molecule has 106 valence electrons. The number of carbonyl (C=O) groups excluding carboxylic acids is 1. The minimum absolute atomic E-state index is 0.0833. The Morgan fingerprint density at radius 1 is 1.26 bits per heavy atom. The molecular weight excluding hydrogens is 274 g/mol. The minimum Gasteiger partial charge on any atom is -0.293 e. The van der Waals surface area contributed by atoms with Gasteiger partial charge in [-0.05, 0) is 31.5 Å². The largest absolute Gasteiger partial charge is 0.293 e. The van der Waals surface area contributed by atoms with Gasteiger partial charge in [-0.3, -0.25) is 4.79 Å². The number of rotatable bonds is 6. The SMILES string of the molecule is CCCCS(=O)(=O)C(C)C(=O)c1ccc(F)c(F)c1. The van der Waals surface area contributed by atoms with Crippen LogP contribution in [0.25, 0.3) is 0 Å². The average Bonchev–Trinajstić information content (AvgIpc) is 2.38. The molecule has 0 bridgehead atoms. The molecule has 0 radical (unpaired) electrons. The zero-order valence-electron chi connectivity index (χ0n) is 10.8. The van der Waals surface area contributed by atoms with E-state index in [0.29, 0.717) is 12.8 Å². The molecule has 0 saturated heterocycles. The van der Waals surface area contributed by atoms with E-state index in [1.165, 1.54) is 6.92 Å². The van der Waals surface area contributed by atoms with Gasteiger partial charge in [0.05, 0.1) is 5.75 Å². The van der Waals surface area contributed by atoms with E-state index in [2.05, 4.69) is 0 Å². The first-order chi connectivity index (χ1) is 8.79. The number of halogens is 2. The maximum Gasteiger partial charge on any atom is 0.180 e. The number of benzene rings is 1. The van der Waals surface area contributed by atoms with Crippen molar-refractivity contribution < 1.29 is 22.0 Å². The Morgan fingerprint density at radius 3 is 2.42 bits per heavy atom. The molecule has 0 spiro atoms. The van der Waals surface area contributed by atoms with Crippen LogP contribution in [0, 0.1) is 11.6 Å². The molecule has 6 heteroatoms. The lowest BCUT2D eigenvalue weighted by Crippen LogP contribution is -2.29. The summed E-state index contributed by atoms with van der Waals surface area (Å²) in [6.07, 6.45) is 1.17. The molecular formula is C13H16F2O3S. The molecule has 0 aliphatic carbocycles. The number of sulfone groups is 1. The number of carbonyl (C=O) groups is 1. The van der Waals surface area contributed by atoms with Crippen LogP contribution in [0.15, 0.2) is 18.2 Å². The highest BCUT2D eigenvalue weighted by Crippen LogP contribution is 2.15. The fraction of sp³-hybridized carbons (Fsp3) is 0.462. The average molecular weight is 290 g/mol. The third-order valence-corrected chi connectivity index (χ3v) is 5.04. The van der Waals surface area contributed by atoms with E-state index in [9.17, 15) is 22.0 Å². The lowest BCUT2D eigenvalue weighted by molar-refractivity contribution is 0.0991. The number of unbranched alkanes of at least 4 members (excludes halogenated alkanes) is 1. The molecule has 0 N–H and O–H groups in total. The lowest BCUT2D eigenvalue weighted by Gasteiger charge is -2.11. The second-order valence-electron chi connectivity index (χ2n) is 4.36. The van der Waals surface area contributed by atoms with E-state index in [1.807, 2.05) is 6.92 Å². The highest BCUT2D eigenvalue weighted by Gasteiger charge is 2.28. The van der Waals surface area contributed by atoms with Crippen molar-refractivity contribution in [1.29, 1.82) is 0 Å². The Hall–Kier alpha value is -1.30. The summed E-state index contributed by atoms with van der Waals surface area (Å²) in [6.45, 7) is 3.12. The number of hydrogen-bond acceptors (Lipinski definition) is 3. The third-order valence-electron chi connectivity index (χ3n) is 2.89. The molecule has 0 heterocycles. The fourth-order valence-electron chi connectivity index (χ4n) is 1.57. The van der Waals surface area contributed by atoms with Gasteiger partial charge in [0.15, 0.2) is 27.3 Å². The van der Waals surface area contributed by atoms with Crippen molar-refractivity contribution in [2.45, 2.75) is 31.9 Å². The lowest BCUT2D eigenvalue weighted by atomic mass is 10.1. The van der Waals surface area contributed by atoms with Gasteiger partial charge < -0.3 is 0 Å². The molecule has 0 fully saturated rings. The fourth-order valence-corrected chi connectivity index (χ4v) is 3.08. The summed E-state index contributed by atoms with van der Waals surface area (Å²) < 4.78 is 49.5. The molecule has 0 aliphatic rings. The zero-order chi connectivity index (χ0) is 14.6. The van der Waals surface area contributed by atoms with E-state index in [0.717, 1.165) is 18.2 Å². The number of Topliss-reactive ketones (excluding diaryl/α,β-unsaturated/α-hetero) is 1. The third kappa shape index (κ3) is 3.83. The first kappa shape index (κ1) is 15.8. The molecule has 1 rings (SSSR count).